The van der Waals surface area contributed by atoms with E-state index in [4.69, 9.17) is 21.4 Å². The number of carboxylic acid groups (broad SMARTS) is 1. The largest absolute Gasteiger partial charge is 0.496 e. The summed E-state index contributed by atoms with van der Waals surface area (Å²) < 4.78 is 18.2. The standard InChI is InChI=1S/C10H10ClFO4/c1-4-7(12)6(11)3-5(9(4)16-2)8(13)10(14)15/h3,8,13H,1-2H3,(H,14,15). The summed E-state index contributed by atoms with van der Waals surface area (Å²) in [6.45, 7) is 1.39. The summed E-state index contributed by atoms with van der Waals surface area (Å²) in [5.41, 5.74) is -0.01000. The van der Waals surface area contributed by atoms with Gasteiger partial charge in [-0.25, -0.2) is 9.18 Å². The third kappa shape index (κ3) is 2.10. The Hall–Kier alpha value is -1.33. The summed E-state index contributed by atoms with van der Waals surface area (Å²) in [6, 6.07) is 1.04. The summed E-state index contributed by atoms with van der Waals surface area (Å²) in [7, 11) is 1.26. The first-order valence-electron chi connectivity index (χ1n) is 4.33. The first kappa shape index (κ1) is 12.7. The molecule has 0 radical (unpaired) electrons. The average molecular weight is 249 g/mol. The van der Waals surface area contributed by atoms with Crippen LogP contribution in [0.4, 0.5) is 4.39 Å². The number of aliphatic hydroxyl groups is 1. The van der Waals surface area contributed by atoms with Gasteiger partial charge in [0.1, 0.15) is 11.6 Å². The van der Waals surface area contributed by atoms with Gasteiger partial charge >= 0.3 is 5.97 Å². The van der Waals surface area contributed by atoms with Crippen LogP contribution >= 0.6 is 11.6 Å². The van der Waals surface area contributed by atoms with Gasteiger partial charge in [0.25, 0.3) is 0 Å². The van der Waals surface area contributed by atoms with Crippen molar-refractivity contribution in [3.63, 3.8) is 0 Å². The van der Waals surface area contributed by atoms with E-state index in [9.17, 15) is 14.3 Å². The number of ether oxygens (including phenoxy) is 1. The minimum absolute atomic E-state index is 0.0169. The second-order valence-electron chi connectivity index (χ2n) is 3.16. The van der Waals surface area contributed by atoms with E-state index in [1.54, 1.807) is 0 Å². The molecule has 1 unspecified atom stereocenters. The van der Waals surface area contributed by atoms with Gasteiger partial charge in [0.05, 0.1) is 12.1 Å². The number of rotatable bonds is 3. The highest BCUT2D eigenvalue weighted by Crippen LogP contribution is 2.34. The molecule has 4 nitrogen and oxygen atoms in total. The van der Waals surface area contributed by atoms with E-state index in [1.165, 1.54) is 14.0 Å². The topological polar surface area (TPSA) is 66.8 Å². The molecule has 0 aromatic heterocycles. The maximum atomic E-state index is 13.4. The molecule has 0 heterocycles. The molecule has 0 fully saturated rings. The summed E-state index contributed by atoms with van der Waals surface area (Å²) >= 11 is 5.56. The highest BCUT2D eigenvalue weighted by Gasteiger charge is 2.24. The minimum Gasteiger partial charge on any atom is -0.496 e. The van der Waals surface area contributed by atoms with Crippen molar-refractivity contribution < 1.29 is 24.1 Å². The van der Waals surface area contributed by atoms with Gasteiger partial charge in [-0.1, -0.05) is 11.6 Å². The molecule has 0 saturated carbocycles. The molecule has 16 heavy (non-hydrogen) atoms. The molecule has 0 aliphatic rings. The molecule has 1 atom stereocenters. The van der Waals surface area contributed by atoms with Gasteiger partial charge in [-0.05, 0) is 13.0 Å². The van der Waals surface area contributed by atoms with Crippen molar-refractivity contribution in [2.45, 2.75) is 13.0 Å². The molecule has 1 aromatic carbocycles. The molecule has 0 bridgehead atoms. The van der Waals surface area contributed by atoms with E-state index in [-0.39, 0.29) is 21.9 Å². The van der Waals surface area contributed by atoms with Crippen LogP contribution < -0.4 is 4.74 Å². The fourth-order valence-corrected chi connectivity index (χ4v) is 1.63. The van der Waals surface area contributed by atoms with Crippen LogP contribution in [0.15, 0.2) is 6.07 Å². The second kappa shape index (κ2) is 4.67. The van der Waals surface area contributed by atoms with Crippen LogP contribution in [-0.2, 0) is 4.79 Å². The first-order chi connectivity index (χ1) is 7.40. The molecular weight excluding hydrogens is 239 g/mol. The molecule has 1 aromatic rings. The molecule has 88 valence electrons. The van der Waals surface area contributed by atoms with E-state index in [0.717, 1.165) is 6.07 Å². The van der Waals surface area contributed by atoms with Crippen LogP contribution in [0.5, 0.6) is 5.75 Å². The van der Waals surface area contributed by atoms with Crippen molar-refractivity contribution in [1.82, 2.24) is 0 Å². The van der Waals surface area contributed by atoms with Crippen LogP contribution in [0.25, 0.3) is 0 Å². The number of carboxylic acids is 1. The molecule has 0 spiro atoms. The molecule has 1 rings (SSSR count). The van der Waals surface area contributed by atoms with Crippen LogP contribution in [0.1, 0.15) is 17.2 Å². The smallest absolute Gasteiger partial charge is 0.337 e. The Morgan fingerprint density at radius 3 is 2.62 bits per heavy atom. The summed E-state index contributed by atoms with van der Waals surface area (Å²) in [5, 5.41) is 17.8. The number of aliphatic carboxylic acids is 1. The summed E-state index contributed by atoms with van der Waals surface area (Å²) in [6.07, 6.45) is -1.80. The lowest BCUT2D eigenvalue weighted by Gasteiger charge is -2.15. The van der Waals surface area contributed by atoms with Gasteiger partial charge in [0, 0.05) is 11.1 Å². The van der Waals surface area contributed by atoms with E-state index in [2.05, 4.69) is 0 Å². The fraction of sp³-hybridized carbons (Fsp3) is 0.300. The predicted molar refractivity (Wildman–Crippen MR) is 55.3 cm³/mol. The molecular formula is C10H10ClFO4. The first-order valence-corrected chi connectivity index (χ1v) is 4.71. The van der Waals surface area contributed by atoms with Crippen molar-refractivity contribution in [3.05, 3.63) is 28.0 Å². The van der Waals surface area contributed by atoms with Crippen molar-refractivity contribution >= 4 is 17.6 Å². The Balaban J connectivity index is 3.44. The van der Waals surface area contributed by atoms with Crippen LogP contribution in [0.3, 0.4) is 0 Å². The zero-order chi connectivity index (χ0) is 12.5. The Kier molecular flexibility index (Phi) is 3.72. The van der Waals surface area contributed by atoms with Crippen molar-refractivity contribution in [2.75, 3.05) is 7.11 Å². The monoisotopic (exact) mass is 248 g/mol. The molecule has 0 aliphatic heterocycles. The molecule has 0 aliphatic carbocycles. The highest BCUT2D eigenvalue weighted by molar-refractivity contribution is 6.31. The fourth-order valence-electron chi connectivity index (χ4n) is 1.37. The van der Waals surface area contributed by atoms with Crippen LogP contribution in [-0.4, -0.2) is 23.3 Å². The molecule has 0 amide bonds. The van der Waals surface area contributed by atoms with Crippen molar-refractivity contribution in [2.24, 2.45) is 0 Å². The average Bonchev–Trinajstić information content (AvgIpc) is 2.24. The highest BCUT2D eigenvalue weighted by atomic mass is 35.5. The Morgan fingerprint density at radius 1 is 1.62 bits per heavy atom. The Labute approximate surface area is 96.2 Å². The predicted octanol–water partition coefficient (Wildman–Crippen LogP) is 1.91. The number of carbonyl (C=O) groups is 1. The molecule has 0 saturated heterocycles. The van der Waals surface area contributed by atoms with Gasteiger partial charge in [-0.15, -0.1) is 0 Å². The summed E-state index contributed by atoms with van der Waals surface area (Å²) in [4.78, 5) is 10.6. The Morgan fingerprint density at radius 2 is 2.19 bits per heavy atom. The number of halogens is 2. The zero-order valence-electron chi connectivity index (χ0n) is 8.62. The van der Waals surface area contributed by atoms with Crippen LogP contribution in [0, 0.1) is 12.7 Å². The number of benzene rings is 1. The van der Waals surface area contributed by atoms with Crippen molar-refractivity contribution in [3.8, 4) is 5.75 Å². The maximum Gasteiger partial charge on any atom is 0.337 e. The SMILES string of the molecule is COc1c(C(O)C(=O)O)cc(Cl)c(F)c1C. The van der Waals surface area contributed by atoms with E-state index in [0.29, 0.717) is 0 Å². The zero-order valence-corrected chi connectivity index (χ0v) is 9.38. The van der Waals surface area contributed by atoms with Gasteiger partial charge in [-0.2, -0.15) is 0 Å². The maximum absolute atomic E-state index is 13.4. The second-order valence-corrected chi connectivity index (χ2v) is 3.57. The normalized spacial score (nSPS) is 12.3. The van der Waals surface area contributed by atoms with Gasteiger partial charge in [0.2, 0.25) is 0 Å². The van der Waals surface area contributed by atoms with Crippen LogP contribution in [0.2, 0.25) is 5.02 Å². The Bertz CT molecular complexity index is 433. The van der Waals surface area contributed by atoms with E-state index < -0.39 is 17.9 Å². The third-order valence-electron chi connectivity index (χ3n) is 2.16. The van der Waals surface area contributed by atoms with E-state index in [1.807, 2.05) is 0 Å². The number of aliphatic hydroxyl groups excluding tert-OH is 1. The molecule has 2 N–H and O–H groups in total. The third-order valence-corrected chi connectivity index (χ3v) is 2.43. The quantitative estimate of drug-likeness (QED) is 0.858. The lowest BCUT2D eigenvalue weighted by Crippen LogP contribution is -2.13. The minimum atomic E-state index is -1.80. The van der Waals surface area contributed by atoms with E-state index >= 15 is 0 Å². The summed E-state index contributed by atoms with van der Waals surface area (Å²) in [5.74, 6) is -2.17. The van der Waals surface area contributed by atoms with Crippen molar-refractivity contribution in [1.29, 1.82) is 0 Å². The van der Waals surface area contributed by atoms with Gasteiger partial charge in [-0.3, -0.25) is 0 Å². The van der Waals surface area contributed by atoms with Gasteiger partial charge in [0.15, 0.2) is 6.10 Å². The molecule has 6 heteroatoms. The lowest BCUT2D eigenvalue weighted by atomic mass is 10.0. The number of hydrogen-bond acceptors (Lipinski definition) is 3. The lowest BCUT2D eigenvalue weighted by molar-refractivity contribution is -0.147. The number of methoxy groups -OCH3 is 1. The van der Waals surface area contributed by atoms with Gasteiger partial charge < -0.3 is 14.9 Å². The number of hydrogen-bond donors (Lipinski definition) is 2.